The van der Waals surface area contributed by atoms with Gasteiger partial charge in [-0.3, -0.25) is 20.2 Å². The molecule has 2 atom stereocenters. The van der Waals surface area contributed by atoms with E-state index in [4.69, 9.17) is 0 Å². The molecule has 0 bridgehead atoms. The van der Waals surface area contributed by atoms with Gasteiger partial charge >= 0.3 is 12.1 Å². The van der Waals surface area contributed by atoms with Crippen LogP contribution in [0.15, 0.2) is 60.7 Å². The topological polar surface area (TPSA) is 116 Å². The SMILES string of the molecule is O=C1NC(=O)C2(C(=O)N1)[C@H](c1ccccc1)NC(=O)N[C@H]2c1ccccc1. The van der Waals surface area contributed by atoms with Crippen LogP contribution in [0.5, 0.6) is 0 Å². The highest BCUT2D eigenvalue weighted by atomic mass is 16.2. The molecule has 4 N–H and O–H groups in total. The van der Waals surface area contributed by atoms with E-state index in [2.05, 4.69) is 21.3 Å². The van der Waals surface area contributed by atoms with Gasteiger partial charge < -0.3 is 10.6 Å². The van der Waals surface area contributed by atoms with Gasteiger partial charge in [0, 0.05) is 0 Å². The Morgan fingerprint density at radius 2 is 1.00 bits per heavy atom. The minimum Gasteiger partial charge on any atom is -0.330 e. The second-order valence-corrected chi connectivity index (χ2v) is 6.41. The quantitative estimate of drug-likeness (QED) is 0.598. The summed E-state index contributed by atoms with van der Waals surface area (Å²) in [7, 11) is 0. The van der Waals surface area contributed by atoms with E-state index in [0.717, 1.165) is 0 Å². The van der Waals surface area contributed by atoms with Gasteiger partial charge in [-0.25, -0.2) is 9.59 Å². The standard InChI is InChI=1S/C19H16N4O4/c24-15-19(16(25)23-18(27)22-15)13(11-7-3-1-4-8-11)20-17(26)21-14(19)12-9-5-2-6-10-12/h1-10,13-14H,(H2,20,21,26)(H2,22,23,24,25,27)/t13-,14-/m0/s1. The highest BCUT2D eigenvalue weighted by Gasteiger charge is 2.64. The Bertz CT molecular complexity index is 856. The summed E-state index contributed by atoms with van der Waals surface area (Å²) in [5, 5.41) is 9.74. The lowest BCUT2D eigenvalue weighted by molar-refractivity contribution is -0.150. The molecule has 8 heteroatoms. The van der Waals surface area contributed by atoms with Gasteiger partial charge in [0.05, 0.1) is 12.1 Å². The fraction of sp³-hybridized carbons (Fsp3) is 0.158. The maximum atomic E-state index is 13.1. The number of barbiturate groups is 1. The van der Waals surface area contributed by atoms with Crippen molar-refractivity contribution in [2.24, 2.45) is 5.41 Å². The molecule has 2 saturated heterocycles. The van der Waals surface area contributed by atoms with Crippen LogP contribution >= 0.6 is 0 Å². The smallest absolute Gasteiger partial charge is 0.328 e. The number of hydrogen-bond donors (Lipinski definition) is 4. The number of rotatable bonds is 2. The summed E-state index contributed by atoms with van der Waals surface area (Å²) in [6.45, 7) is 0. The summed E-state index contributed by atoms with van der Waals surface area (Å²) in [6, 6.07) is 14.1. The Morgan fingerprint density at radius 3 is 1.41 bits per heavy atom. The Morgan fingerprint density at radius 1 is 0.593 bits per heavy atom. The number of carbonyl (C=O) groups excluding carboxylic acids is 4. The third-order valence-electron chi connectivity index (χ3n) is 4.93. The predicted molar refractivity (Wildman–Crippen MR) is 94.1 cm³/mol. The minimum absolute atomic E-state index is 0.513. The third kappa shape index (κ3) is 2.53. The highest BCUT2D eigenvalue weighted by molar-refractivity contribution is 6.21. The van der Waals surface area contributed by atoms with E-state index in [-0.39, 0.29) is 0 Å². The summed E-state index contributed by atoms with van der Waals surface area (Å²) in [4.78, 5) is 50.2. The fourth-order valence-electron chi connectivity index (χ4n) is 3.75. The molecule has 0 radical (unpaired) electrons. The summed E-state index contributed by atoms with van der Waals surface area (Å²) in [6.07, 6.45) is 0. The van der Waals surface area contributed by atoms with Crippen LogP contribution in [0.4, 0.5) is 9.59 Å². The first-order valence-corrected chi connectivity index (χ1v) is 8.37. The van der Waals surface area contributed by atoms with Crippen LogP contribution in [-0.4, -0.2) is 23.9 Å². The summed E-state index contributed by atoms with van der Waals surface area (Å²) >= 11 is 0. The molecule has 2 heterocycles. The van der Waals surface area contributed by atoms with Gasteiger partial charge in [-0.2, -0.15) is 0 Å². The minimum atomic E-state index is -1.79. The Balaban J connectivity index is 1.95. The van der Waals surface area contributed by atoms with Gasteiger partial charge in [-0.1, -0.05) is 60.7 Å². The first-order chi connectivity index (χ1) is 13.0. The molecule has 6 amide bonds. The van der Waals surface area contributed by atoms with Crippen molar-refractivity contribution in [3.05, 3.63) is 71.8 Å². The van der Waals surface area contributed by atoms with Crippen LogP contribution in [0.2, 0.25) is 0 Å². The zero-order valence-electron chi connectivity index (χ0n) is 14.1. The van der Waals surface area contributed by atoms with Gasteiger partial charge in [0.25, 0.3) is 0 Å². The Kier molecular flexibility index (Phi) is 3.88. The molecule has 2 aliphatic heterocycles. The number of benzene rings is 2. The van der Waals surface area contributed by atoms with Gasteiger partial charge in [0.15, 0.2) is 5.41 Å². The lowest BCUT2D eigenvalue weighted by atomic mass is 9.65. The Hall–Kier alpha value is -3.68. The zero-order chi connectivity index (χ0) is 19.0. The van der Waals surface area contributed by atoms with E-state index in [1.807, 2.05) is 0 Å². The summed E-state index contributed by atoms with van der Waals surface area (Å²) in [5.74, 6) is -1.54. The number of imide groups is 2. The normalized spacial score (nSPS) is 23.9. The van der Waals surface area contributed by atoms with Crippen molar-refractivity contribution in [2.75, 3.05) is 0 Å². The molecule has 2 fully saturated rings. The lowest BCUT2D eigenvalue weighted by Gasteiger charge is -2.48. The third-order valence-corrected chi connectivity index (χ3v) is 4.93. The largest absolute Gasteiger partial charge is 0.330 e. The number of hydrogen-bond acceptors (Lipinski definition) is 4. The predicted octanol–water partition coefficient (Wildman–Crippen LogP) is 1.13. The van der Waals surface area contributed by atoms with Gasteiger partial charge in [0.1, 0.15) is 0 Å². The highest BCUT2D eigenvalue weighted by Crippen LogP contribution is 2.48. The molecule has 0 unspecified atom stereocenters. The van der Waals surface area contributed by atoms with Crippen molar-refractivity contribution >= 4 is 23.9 Å². The Labute approximate surface area is 154 Å². The molecule has 136 valence electrons. The molecule has 0 saturated carbocycles. The van der Waals surface area contributed by atoms with E-state index in [0.29, 0.717) is 11.1 Å². The van der Waals surface area contributed by atoms with Crippen LogP contribution in [0.25, 0.3) is 0 Å². The fourth-order valence-corrected chi connectivity index (χ4v) is 3.75. The monoisotopic (exact) mass is 364 g/mol. The van der Waals surface area contributed by atoms with E-state index in [1.165, 1.54) is 0 Å². The van der Waals surface area contributed by atoms with Crippen molar-refractivity contribution in [3.63, 3.8) is 0 Å². The molecule has 8 nitrogen and oxygen atoms in total. The molecule has 0 aromatic heterocycles. The summed E-state index contributed by atoms with van der Waals surface area (Å²) < 4.78 is 0. The van der Waals surface area contributed by atoms with E-state index < -0.39 is 41.4 Å². The average molecular weight is 364 g/mol. The summed E-state index contributed by atoms with van der Waals surface area (Å²) in [5.41, 5.74) is -0.634. The number of nitrogens with one attached hydrogen (secondary N) is 4. The maximum absolute atomic E-state index is 13.1. The van der Waals surface area contributed by atoms with Gasteiger partial charge in [0.2, 0.25) is 11.8 Å². The van der Waals surface area contributed by atoms with Crippen molar-refractivity contribution in [2.45, 2.75) is 12.1 Å². The van der Waals surface area contributed by atoms with Crippen LogP contribution in [-0.2, 0) is 9.59 Å². The molecular weight excluding hydrogens is 348 g/mol. The first kappa shape index (κ1) is 16.8. The van der Waals surface area contributed by atoms with Crippen LogP contribution in [0.1, 0.15) is 23.2 Å². The van der Waals surface area contributed by atoms with Crippen molar-refractivity contribution in [3.8, 4) is 0 Å². The van der Waals surface area contributed by atoms with Gasteiger partial charge in [-0.05, 0) is 11.1 Å². The number of carbonyl (C=O) groups is 4. The van der Waals surface area contributed by atoms with Gasteiger partial charge in [-0.15, -0.1) is 0 Å². The average Bonchev–Trinajstić information content (AvgIpc) is 2.67. The molecule has 0 aliphatic carbocycles. The van der Waals surface area contributed by atoms with Crippen molar-refractivity contribution < 1.29 is 19.2 Å². The second kappa shape index (κ2) is 6.24. The molecule has 2 aromatic carbocycles. The molecule has 2 aromatic rings. The van der Waals surface area contributed by atoms with Crippen molar-refractivity contribution in [1.82, 2.24) is 21.3 Å². The molecule has 1 spiro atoms. The second-order valence-electron chi connectivity index (χ2n) is 6.41. The van der Waals surface area contributed by atoms with Crippen LogP contribution in [0.3, 0.4) is 0 Å². The molecular formula is C19H16N4O4. The molecule has 27 heavy (non-hydrogen) atoms. The van der Waals surface area contributed by atoms with Crippen LogP contribution in [0, 0.1) is 5.41 Å². The zero-order valence-corrected chi connectivity index (χ0v) is 14.1. The lowest BCUT2D eigenvalue weighted by Crippen LogP contribution is -2.73. The van der Waals surface area contributed by atoms with Crippen molar-refractivity contribution in [1.29, 1.82) is 0 Å². The van der Waals surface area contributed by atoms with E-state index in [9.17, 15) is 19.2 Å². The maximum Gasteiger partial charge on any atom is 0.328 e. The number of amides is 6. The first-order valence-electron chi connectivity index (χ1n) is 8.37. The number of urea groups is 2. The van der Waals surface area contributed by atoms with Crippen LogP contribution < -0.4 is 21.3 Å². The molecule has 4 rings (SSSR count). The van der Waals surface area contributed by atoms with E-state index in [1.54, 1.807) is 60.7 Å². The van der Waals surface area contributed by atoms with E-state index >= 15 is 0 Å². The molecule has 2 aliphatic rings.